The van der Waals surface area contributed by atoms with Crippen LogP contribution in [0.4, 0.5) is 14.7 Å². The number of aryl methyl sites for hydroxylation is 1. The molecule has 6 nitrogen and oxygen atoms in total. The fourth-order valence-corrected chi connectivity index (χ4v) is 2.79. The first kappa shape index (κ1) is 13.5. The minimum Gasteiger partial charge on any atom is -0.480 e. The van der Waals surface area contributed by atoms with Gasteiger partial charge in [-0.05, 0) is 24.1 Å². The second-order valence-corrected chi connectivity index (χ2v) is 4.96. The van der Waals surface area contributed by atoms with Crippen LogP contribution in [0, 0.1) is 11.6 Å². The average Bonchev–Trinajstić information content (AvgIpc) is 2.75. The van der Waals surface area contributed by atoms with Gasteiger partial charge >= 0.3 is 5.97 Å². The van der Waals surface area contributed by atoms with Crippen LogP contribution >= 0.6 is 0 Å². The molecule has 0 spiro atoms. The Balaban J connectivity index is 2.08. The molecular weight excluding hydrogens is 282 g/mol. The minimum absolute atomic E-state index is 0.0117. The molecular formula is C13H12F2N4O2. The third kappa shape index (κ3) is 2.32. The number of hydrogen-bond donors (Lipinski definition) is 2. The van der Waals surface area contributed by atoms with Crippen LogP contribution in [0.5, 0.6) is 0 Å². The van der Waals surface area contributed by atoms with Crippen LogP contribution in [0.2, 0.25) is 0 Å². The van der Waals surface area contributed by atoms with E-state index in [-0.39, 0.29) is 5.95 Å². The number of fused-ring (bicyclic) bond motifs is 1. The zero-order valence-electron chi connectivity index (χ0n) is 10.8. The molecule has 0 amide bonds. The Kier molecular flexibility index (Phi) is 3.08. The molecule has 110 valence electrons. The fourth-order valence-electron chi connectivity index (χ4n) is 2.79. The van der Waals surface area contributed by atoms with Gasteiger partial charge in [0.2, 0.25) is 5.95 Å². The summed E-state index contributed by atoms with van der Waals surface area (Å²) in [6, 6.07) is 1.96. The molecule has 1 aliphatic heterocycles. The Morgan fingerprint density at radius 1 is 1.33 bits per heavy atom. The number of nitrogen functional groups attached to an aromatic ring is 1. The third-order valence-corrected chi connectivity index (χ3v) is 3.61. The van der Waals surface area contributed by atoms with Crippen molar-refractivity contribution >= 4 is 11.9 Å². The lowest BCUT2D eigenvalue weighted by atomic mass is 9.85. The van der Waals surface area contributed by atoms with Gasteiger partial charge in [-0.2, -0.15) is 4.98 Å². The highest BCUT2D eigenvalue weighted by atomic mass is 19.1. The van der Waals surface area contributed by atoms with Gasteiger partial charge in [0.05, 0.1) is 0 Å². The molecule has 3 rings (SSSR count). The van der Waals surface area contributed by atoms with Crippen molar-refractivity contribution in [3.63, 3.8) is 0 Å². The van der Waals surface area contributed by atoms with E-state index in [0.29, 0.717) is 24.2 Å². The molecule has 2 unspecified atom stereocenters. The number of benzene rings is 1. The highest BCUT2D eigenvalue weighted by Gasteiger charge is 2.38. The maximum atomic E-state index is 13.4. The van der Waals surface area contributed by atoms with Gasteiger partial charge in [-0.3, -0.25) is 0 Å². The summed E-state index contributed by atoms with van der Waals surface area (Å²) < 4.78 is 28.0. The lowest BCUT2D eigenvalue weighted by Crippen LogP contribution is -2.32. The molecule has 2 atom stereocenters. The smallest absolute Gasteiger partial charge is 0.329 e. The summed E-state index contributed by atoms with van der Waals surface area (Å²) >= 11 is 0. The van der Waals surface area contributed by atoms with Gasteiger partial charge in [0.15, 0.2) is 6.04 Å². The summed E-state index contributed by atoms with van der Waals surface area (Å²) in [6.07, 6.45) is 0.842. The number of hydrogen-bond acceptors (Lipinski definition) is 4. The first-order valence-electron chi connectivity index (χ1n) is 6.35. The zero-order chi connectivity index (χ0) is 15.1. The molecule has 1 aromatic heterocycles. The lowest BCUT2D eigenvalue weighted by Gasteiger charge is -2.29. The number of rotatable bonds is 2. The first-order chi connectivity index (χ1) is 9.95. The Bertz CT molecular complexity index is 696. The van der Waals surface area contributed by atoms with E-state index < -0.39 is 29.6 Å². The Morgan fingerprint density at radius 3 is 2.62 bits per heavy atom. The van der Waals surface area contributed by atoms with Crippen molar-refractivity contribution in [3.05, 3.63) is 41.2 Å². The number of halogens is 2. The molecule has 0 saturated carbocycles. The van der Waals surface area contributed by atoms with E-state index in [2.05, 4.69) is 10.1 Å². The summed E-state index contributed by atoms with van der Waals surface area (Å²) in [5.41, 5.74) is 5.79. The van der Waals surface area contributed by atoms with Crippen LogP contribution in [0.1, 0.15) is 29.8 Å². The molecule has 0 aliphatic carbocycles. The number of anilines is 1. The molecule has 2 heterocycles. The number of nitrogens with zero attached hydrogens (tertiary/aromatic N) is 3. The molecule has 8 heteroatoms. The molecule has 0 saturated heterocycles. The Labute approximate surface area is 118 Å². The van der Waals surface area contributed by atoms with Crippen molar-refractivity contribution in [2.75, 3.05) is 5.73 Å². The van der Waals surface area contributed by atoms with Crippen molar-refractivity contribution in [1.82, 2.24) is 14.8 Å². The molecule has 21 heavy (non-hydrogen) atoms. The number of aliphatic carboxylic acids is 1. The number of carboxylic acid groups (broad SMARTS) is 1. The quantitative estimate of drug-likeness (QED) is 0.875. The minimum atomic E-state index is -1.14. The normalized spacial score (nSPS) is 21.0. The van der Waals surface area contributed by atoms with Gasteiger partial charge in [0, 0.05) is 18.4 Å². The standard InChI is InChI=1S/C13H12F2N4O2/c14-7-3-6(4-8(15)5-7)9-1-2-10-17-13(16)18-19(10)11(9)12(20)21/h3-5,9,11H,1-2H2,(H2,16,18)(H,20,21). The molecule has 0 bridgehead atoms. The number of carbonyl (C=O) groups is 1. The van der Waals surface area contributed by atoms with Crippen LogP contribution in [-0.4, -0.2) is 25.8 Å². The summed E-state index contributed by atoms with van der Waals surface area (Å²) in [4.78, 5) is 15.5. The van der Waals surface area contributed by atoms with Gasteiger partial charge in [0.1, 0.15) is 17.5 Å². The number of aromatic nitrogens is 3. The predicted molar refractivity (Wildman–Crippen MR) is 68.5 cm³/mol. The van der Waals surface area contributed by atoms with E-state index in [9.17, 15) is 18.7 Å². The topological polar surface area (TPSA) is 94.0 Å². The summed E-state index contributed by atoms with van der Waals surface area (Å²) in [5.74, 6) is -2.76. The van der Waals surface area contributed by atoms with Crippen LogP contribution in [0.3, 0.4) is 0 Å². The summed E-state index contributed by atoms with van der Waals surface area (Å²) in [7, 11) is 0. The van der Waals surface area contributed by atoms with Crippen molar-refractivity contribution in [1.29, 1.82) is 0 Å². The fraction of sp³-hybridized carbons (Fsp3) is 0.308. The Hall–Kier alpha value is -2.51. The third-order valence-electron chi connectivity index (χ3n) is 3.61. The Morgan fingerprint density at radius 2 is 2.00 bits per heavy atom. The number of carboxylic acids is 1. The number of nitrogens with two attached hydrogens (primary N) is 1. The van der Waals surface area contributed by atoms with Gasteiger partial charge in [0.25, 0.3) is 0 Å². The largest absolute Gasteiger partial charge is 0.480 e. The summed E-state index contributed by atoms with van der Waals surface area (Å²) in [5, 5.41) is 13.3. The van der Waals surface area contributed by atoms with E-state index in [4.69, 9.17) is 5.73 Å². The summed E-state index contributed by atoms with van der Waals surface area (Å²) in [6.45, 7) is 0. The van der Waals surface area contributed by atoms with Crippen molar-refractivity contribution in [3.8, 4) is 0 Å². The monoisotopic (exact) mass is 294 g/mol. The molecule has 3 N–H and O–H groups in total. The van der Waals surface area contributed by atoms with Crippen molar-refractivity contribution < 1.29 is 18.7 Å². The van der Waals surface area contributed by atoms with E-state index in [1.807, 2.05) is 0 Å². The molecule has 0 radical (unpaired) electrons. The first-order valence-corrected chi connectivity index (χ1v) is 6.35. The van der Waals surface area contributed by atoms with Gasteiger partial charge in [-0.15, -0.1) is 5.10 Å². The molecule has 2 aromatic rings. The van der Waals surface area contributed by atoms with Crippen LogP contribution in [-0.2, 0) is 11.2 Å². The maximum absolute atomic E-state index is 13.4. The van der Waals surface area contributed by atoms with Gasteiger partial charge in [-0.1, -0.05) is 0 Å². The van der Waals surface area contributed by atoms with Crippen LogP contribution < -0.4 is 5.73 Å². The van der Waals surface area contributed by atoms with Gasteiger partial charge in [-0.25, -0.2) is 18.3 Å². The van der Waals surface area contributed by atoms with E-state index >= 15 is 0 Å². The second kappa shape index (κ2) is 4.80. The van der Waals surface area contributed by atoms with E-state index in [0.717, 1.165) is 18.2 Å². The highest BCUT2D eigenvalue weighted by Crippen LogP contribution is 2.38. The highest BCUT2D eigenvalue weighted by molar-refractivity contribution is 5.73. The predicted octanol–water partition coefficient (Wildman–Crippen LogP) is 1.49. The zero-order valence-corrected chi connectivity index (χ0v) is 10.8. The SMILES string of the molecule is Nc1nc2n(n1)C(C(=O)O)C(c1cc(F)cc(F)c1)CC2. The molecule has 0 fully saturated rings. The lowest BCUT2D eigenvalue weighted by molar-refractivity contribution is -0.142. The average molecular weight is 294 g/mol. The second-order valence-electron chi connectivity index (χ2n) is 4.96. The van der Waals surface area contributed by atoms with Gasteiger partial charge < -0.3 is 10.8 Å². The van der Waals surface area contributed by atoms with Crippen LogP contribution in [0.25, 0.3) is 0 Å². The van der Waals surface area contributed by atoms with Crippen LogP contribution in [0.15, 0.2) is 18.2 Å². The van der Waals surface area contributed by atoms with Crippen molar-refractivity contribution in [2.45, 2.75) is 24.8 Å². The van der Waals surface area contributed by atoms with E-state index in [1.54, 1.807) is 0 Å². The maximum Gasteiger partial charge on any atom is 0.329 e. The van der Waals surface area contributed by atoms with E-state index in [1.165, 1.54) is 4.68 Å². The molecule has 1 aliphatic rings. The van der Waals surface area contributed by atoms with Crippen molar-refractivity contribution in [2.24, 2.45) is 0 Å². The molecule has 1 aromatic carbocycles.